The molecule has 96 valence electrons. The Morgan fingerprint density at radius 2 is 2.22 bits per heavy atom. The number of aryl methyl sites for hydroxylation is 1. The van der Waals surface area contributed by atoms with E-state index in [2.05, 4.69) is 10.1 Å². The molecule has 1 aromatic heterocycles. The van der Waals surface area contributed by atoms with Gasteiger partial charge in [0.2, 0.25) is 0 Å². The van der Waals surface area contributed by atoms with Crippen molar-refractivity contribution < 1.29 is 8.91 Å². The number of hydrogen-bond donors (Lipinski definition) is 0. The average Bonchev–Trinajstić information content (AvgIpc) is 2.82. The summed E-state index contributed by atoms with van der Waals surface area (Å²) in [5, 5.41) is 3.56. The van der Waals surface area contributed by atoms with Crippen molar-refractivity contribution in [2.45, 2.75) is 32.1 Å². The van der Waals surface area contributed by atoms with Gasteiger partial charge in [-0.15, -0.1) is 11.6 Å². The lowest BCUT2D eigenvalue weighted by atomic mass is 10.1. The van der Waals surface area contributed by atoms with Crippen molar-refractivity contribution in [3.8, 4) is 11.5 Å². The van der Waals surface area contributed by atoms with Gasteiger partial charge >= 0.3 is 0 Å². The lowest BCUT2D eigenvalue weighted by molar-refractivity contribution is 0.420. The molecule has 0 fully saturated rings. The van der Waals surface area contributed by atoms with Crippen molar-refractivity contribution >= 4 is 11.6 Å². The SMILES string of the molecule is CCCC(Cl)c1noc(-c2ccc(C)c(F)c2)n1. The molecule has 0 saturated carbocycles. The average molecular weight is 269 g/mol. The molecule has 5 heteroatoms. The molecule has 0 amide bonds. The van der Waals surface area contributed by atoms with Crippen molar-refractivity contribution in [3.05, 3.63) is 35.4 Å². The molecule has 0 bridgehead atoms. The number of benzene rings is 1. The maximum absolute atomic E-state index is 13.4. The molecule has 3 nitrogen and oxygen atoms in total. The first kappa shape index (κ1) is 13.0. The summed E-state index contributed by atoms with van der Waals surface area (Å²) >= 11 is 6.10. The Morgan fingerprint density at radius 1 is 1.44 bits per heavy atom. The molecule has 0 aliphatic carbocycles. The third-order valence-electron chi connectivity index (χ3n) is 2.68. The van der Waals surface area contributed by atoms with Crippen LogP contribution in [0, 0.1) is 12.7 Å². The van der Waals surface area contributed by atoms with Crippen LogP contribution in [0.25, 0.3) is 11.5 Å². The maximum atomic E-state index is 13.4. The van der Waals surface area contributed by atoms with Crippen LogP contribution < -0.4 is 0 Å². The normalized spacial score (nSPS) is 12.7. The van der Waals surface area contributed by atoms with Crippen molar-refractivity contribution in [2.75, 3.05) is 0 Å². The quantitative estimate of drug-likeness (QED) is 0.778. The minimum Gasteiger partial charge on any atom is -0.334 e. The zero-order valence-corrected chi connectivity index (χ0v) is 11.0. The smallest absolute Gasteiger partial charge is 0.258 e. The fourth-order valence-corrected chi connectivity index (χ4v) is 1.89. The molecule has 1 aromatic carbocycles. The van der Waals surface area contributed by atoms with Gasteiger partial charge in [0.05, 0.1) is 5.38 Å². The van der Waals surface area contributed by atoms with Gasteiger partial charge in [-0.25, -0.2) is 4.39 Å². The van der Waals surface area contributed by atoms with Gasteiger partial charge in [0.25, 0.3) is 5.89 Å². The minimum absolute atomic E-state index is 0.261. The van der Waals surface area contributed by atoms with Crippen LogP contribution in [0.5, 0.6) is 0 Å². The summed E-state index contributed by atoms with van der Waals surface area (Å²) in [7, 11) is 0. The van der Waals surface area contributed by atoms with E-state index in [1.165, 1.54) is 6.07 Å². The molecule has 0 aliphatic rings. The summed E-state index contributed by atoms with van der Waals surface area (Å²) in [6, 6.07) is 4.81. The number of rotatable bonds is 4. The second-order valence-corrected chi connectivity index (χ2v) is 4.70. The van der Waals surface area contributed by atoms with Gasteiger partial charge in [0, 0.05) is 5.56 Å². The van der Waals surface area contributed by atoms with Gasteiger partial charge in [0.1, 0.15) is 5.82 Å². The van der Waals surface area contributed by atoms with Crippen LogP contribution in [0.4, 0.5) is 4.39 Å². The second kappa shape index (κ2) is 5.48. The molecule has 1 unspecified atom stereocenters. The first-order valence-electron chi connectivity index (χ1n) is 5.86. The largest absolute Gasteiger partial charge is 0.334 e. The second-order valence-electron chi connectivity index (χ2n) is 4.18. The van der Waals surface area contributed by atoms with Crippen LogP contribution in [0.3, 0.4) is 0 Å². The van der Waals surface area contributed by atoms with Crippen LogP contribution in [-0.2, 0) is 0 Å². The summed E-state index contributed by atoms with van der Waals surface area (Å²) in [5.41, 5.74) is 1.15. The minimum atomic E-state index is -0.289. The summed E-state index contributed by atoms with van der Waals surface area (Å²) in [6.07, 6.45) is 1.72. The van der Waals surface area contributed by atoms with E-state index in [9.17, 15) is 4.39 Å². The molecule has 2 rings (SSSR count). The highest BCUT2D eigenvalue weighted by Crippen LogP contribution is 2.26. The third-order valence-corrected chi connectivity index (χ3v) is 3.10. The zero-order valence-electron chi connectivity index (χ0n) is 10.3. The lowest BCUT2D eigenvalue weighted by Gasteiger charge is -2.00. The van der Waals surface area contributed by atoms with E-state index in [-0.39, 0.29) is 11.2 Å². The molecular formula is C13H14ClFN2O. The number of nitrogens with zero attached hydrogens (tertiary/aromatic N) is 2. The van der Waals surface area contributed by atoms with E-state index in [4.69, 9.17) is 16.1 Å². The molecule has 0 saturated heterocycles. The molecule has 2 aromatic rings. The van der Waals surface area contributed by atoms with E-state index in [1.54, 1.807) is 19.1 Å². The standard InChI is InChI=1S/C13H14ClFN2O/c1-3-4-10(14)12-16-13(18-17-12)9-6-5-8(2)11(15)7-9/h5-7,10H,3-4H2,1-2H3. The number of hydrogen-bond acceptors (Lipinski definition) is 3. The summed E-state index contributed by atoms with van der Waals surface area (Å²) in [6.45, 7) is 3.74. The van der Waals surface area contributed by atoms with Gasteiger partial charge in [0.15, 0.2) is 5.82 Å². The van der Waals surface area contributed by atoms with Crippen LogP contribution in [0.2, 0.25) is 0 Å². The fourth-order valence-electron chi connectivity index (χ4n) is 1.59. The maximum Gasteiger partial charge on any atom is 0.258 e. The van der Waals surface area contributed by atoms with Crippen LogP contribution in [0.15, 0.2) is 22.7 Å². The van der Waals surface area contributed by atoms with E-state index in [0.717, 1.165) is 12.8 Å². The molecule has 0 radical (unpaired) electrons. The van der Waals surface area contributed by atoms with Crippen molar-refractivity contribution in [3.63, 3.8) is 0 Å². The van der Waals surface area contributed by atoms with Gasteiger partial charge in [-0.1, -0.05) is 24.6 Å². The summed E-state index contributed by atoms with van der Waals surface area (Å²) in [5.74, 6) is 0.461. The van der Waals surface area contributed by atoms with Gasteiger partial charge in [-0.2, -0.15) is 4.98 Å². The monoisotopic (exact) mass is 268 g/mol. The molecule has 0 aliphatic heterocycles. The Kier molecular flexibility index (Phi) is 3.97. The molecule has 1 heterocycles. The van der Waals surface area contributed by atoms with Crippen molar-refractivity contribution in [2.24, 2.45) is 0 Å². The molecular weight excluding hydrogens is 255 g/mol. The molecule has 0 N–H and O–H groups in total. The van der Waals surface area contributed by atoms with Crippen molar-refractivity contribution in [1.82, 2.24) is 10.1 Å². The van der Waals surface area contributed by atoms with Crippen LogP contribution in [-0.4, -0.2) is 10.1 Å². The topological polar surface area (TPSA) is 38.9 Å². The van der Waals surface area contributed by atoms with Gasteiger partial charge in [-0.3, -0.25) is 0 Å². The summed E-state index contributed by atoms with van der Waals surface area (Å²) in [4.78, 5) is 4.19. The summed E-state index contributed by atoms with van der Waals surface area (Å²) < 4.78 is 18.5. The third kappa shape index (κ3) is 2.70. The predicted octanol–water partition coefficient (Wildman–Crippen LogP) is 4.26. The van der Waals surface area contributed by atoms with Gasteiger partial charge in [-0.05, 0) is 31.0 Å². The van der Waals surface area contributed by atoms with E-state index < -0.39 is 0 Å². The molecule has 0 spiro atoms. The molecule has 18 heavy (non-hydrogen) atoms. The highest BCUT2D eigenvalue weighted by atomic mass is 35.5. The predicted molar refractivity (Wildman–Crippen MR) is 67.9 cm³/mol. The Morgan fingerprint density at radius 3 is 2.89 bits per heavy atom. The van der Waals surface area contributed by atoms with E-state index in [0.29, 0.717) is 22.8 Å². The first-order valence-corrected chi connectivity index (χ1v) is 6.29. The van der Waals surface area contributed by atoms with E-state index >= 15 is 0 Å². The van der Waals surface area contributed by atoms with Crippen molar-refractivity contribution in [1.29, 1.82) is 0 Å². The Balaban J connectivity index is 2.26. The van der Waals surface area contributed by atoms with Crippen LogP contribution >= 0.6 is 11.6 Å². The lowest BCUT2D eigenvalue weighted by Crippen LogP contribution is -1.92. The highest BCUT2D eigenvalue weighted by molar-refractivity contribution is 6.20. The first-order chi connectivity index (χ1) is 8.61. The Bertz CT molecular complexity index is 542. The Hall–Kier alpha value is -1.42. The number of alkyl halides is 1. The van der Waals surface area contributed by atoms with Gasteiger partial charge < -0.3 is 4.52 Å². The molecule has 1 atom stereocenters. The fraction of sp³-hybridized carbons (Fsp3) is 0.385. The zero-order chi connectivity index (χ0) is 13.1. The van der Waals surface area contributed by atoms with Crippen LogP contribution in [0.1, 0.15) is 36.5 Å². The number of aromatic nitrogens is 2. The van der Waals surface area contributed by atoms with E-state index in [1.807, 2.05) is 6.92 Å². The number of halogens is 2. The Labute approximate surface area is 110 Å². The highest BCUT2D eigenvalue weighted by Gasteiger charge is 2.16.